The summed E-state index contributed by atoms with van der Waals surface area (Å²) in [5.41, 5.74) is 4.65. The van der Waals surface area contributed by atoms with Crippen LogP contribution in [0, 0.1) is 0 Å². The van der Waals surface area contributed by atoms with Gasteiger partial charge in [-0.2, -0.15) is 5.10 Å². The van der Waals surface area contributed by atoms with Crippen molar-refractivity contribution in [3.05, 3.63) is 54.1 Å². The molecule has 0 atom stereocenters. The van der Waals surface area contributed by atoms with Crippen LogP contribution in [0.4, 0.5) is 0 Å². The minimum Gasteiger partial charge on any atom is -0.277 e. The quantitative estimate of drug-likeness (QED) is 0.704. The normalized spacial score (nSPS) is 11.3. The van der Waals surface area contributed by atoms with Gasteiger partial charge in [0.15, 0.2) is 0 Å². The van der Waals surface area contributed by atoms with Gasteiger partial charge in [-0.1, -0.05) is 50.2 Å². The maximum Gasteiger partial charge on any atom is 0.0999 e. The van der Waals surface area contributed by atoms with Crippen LogP contribution >= 0.6 is 0 Å². The summed E-state index contributed by atoms with van der Waals surface area (Å²) in [6.07, 6.45) is 0. The van der Waals surface area contributed by atoms with Gasteiger partial charge in [0.1, 0.15) is 0 Å². The fourth-order valence-electron chi connectivity index (χ4n) is 2.23. The summed E-state index contributed by atoms with van der Waals surface area (Å²) in [6.45, 7) is 4.42. The molecule has 0 aliphatic heterocycles. The van der Waals surface area contributed by atoms with E-state index in [0.29, 0.717) is 5.92 Å². The van der Waals surface area contributed by atoms with Gasteiger partial charge in [0.05, 0.1) is 11.2 Å². The molecule has 0 amide bonds. The van der Waals surface area contributed by atoms with Gasteiger partial charge >= 0.3 is 0 Å². The maximum absolute atomic E-state index is 4.44. The largest absolute Gasteiger partial charge is 0.277 e. The highest BCUT2D eigenvalue weighted by Crippen LogP contribution is 2.28. The minimum absolute atomic E-state index is 0.537. The minimum atomic E-state index is 0.537. The Morgan fingerprint density at radius 2 is 1.83 bits per heavy atom. The first-order chi connectivity index (χ1) is 8.75. The molecule has 2 heteroatoms. The predicted octanol–water partition coefficient (Wildman–Crippen LogP) is 4.35. The molecule has 90 valence electrons. The summed E-state index contributed by atoms with van der Waals surface area (Å²) in [5.74, 6) is 0.537. The van der Waals surface area contributed by atoms with Crippen LogP contribution < -0.4 is 0 Å². The van der Waals surface area contributed by atoms with Gasteiger partial charge in [0.2, 0.25) is 0 Å². The molecular formula is C16H16N2. The number of para-hydroxylation sites is 1. The molecule has 0 aliphatic rings. The van der Waals surface area contributed by atoms with E-state index in [1.165, 1.54) is 16.5 Å². The number of nitrogens with zero attached hydrogens (tertiary/aromatic N) is 1. The van der Waals surface area contributed by atoms with Crippen LogP contribution in [0.25, 0.3) is 22.2 Å². The van der Waals surface area contributed by atoms with Crippen molar-refractivity contribution in [1.29, 1.82) is 0 Å². The molecule has 1 N–H and O–H groups in total. The second-order valence-corrected chi connectivity index (χ2v) is 4.90. The fourth-order valence-corrected chi connectivity index (χ4v) is 2.23. The Morgan fingerprint density at radius 1 is 1.00 bits per heavy atom. The van der Waals surface area contributed by atoms with Gasteiger partial charge in [-0.3, -0.25) is 5.10 Å². The molecule has 1 aromatic heterocycles. The lowest BCUT2D eigenvalue weighted by molar-refractivity contribution is 0.867. The van der Waals surface area contributed by atoms with Crippen molar-refractivity contribution in [2.45, 2.75) is 19.8 Å². The van der Waals surface area contributed by atoms with E-state index in [1.54, 1.807) is 0 Å². The molecule has 0 fully saturated rings. The Morgan fingerprint density at radius 3 is 2.67 bits per heavy atom. The number of benzene rings is 2. The zero-order valence-corrected chi connectivity index (χ0v) is 10.6. The highest BCUT2D eigenvalue weighted by atomic mass is 15.1. The molecular weight excluding hydrogens is 220 g/mol. The average Bonchev–Trinajstić information content (AvgIpc) is 2.82. The van der Waals surface area contributed by atoms with Crippen molar-refractivity contribution in [2.24, 2.45) is 0 Å². The molecule has 0 saturated carbocycles. The SMILES string of the molecule is CC(C)c1cccc(-c2n[nH]c3ccccc23)c1. The van der Waals surface area contributed by atoms with Crippen LogP contribution in [0.1, 0.15) is 25.3 Å². The van der Waals surface area contributed by atoms with E-state index >= 15 is 0 Å². The fraction of sp³-hybridized carbons (Fsp3) is 0.188. The smallest absolute Gasteiger partial charge is 0.0999 e. The van der Waals surface area contributed by atoms with Crippen LogP contribution in [0.2, 0.25) is 0 Å². The lowest BCUT2D eigenvalue weighted by atomic mass is 9.99. The van der Waals surface area contributed by atoms with Crippen molar-refractivity contribution in [3.8, 4) is 11.3 Å². The number of nitrogens with one attached hydrogen (secondary N) is 1. The summed E-state index contributed by atoms with van der Waals surface area (Å²) in [7, 11) is 0. The third-order valence-corrected chi connectivity index (χ3v) is 3.30. The second-order valence-electron chi connectivity index (χ2n) is 4.90. The van der Waals surface area contributed by atoms with E-state index in [4.69, 9.17) is 0 Å². The number of rotatable bonds is 2. The van der Waals surface area contributed by atoms with Gasteiger partial charge in [-0.25, -0.2) is 0 Å². The molecule has 2 nitrogen and oxygen atoms in total. The van der Waals surface area contributed by atoms with E-state index in [9.17, 15) is 0 Å². The summed E-state index contributed by atoms with van der Waals surface area (Å²) >= 11 is 0. The van der Waals surface area contributed by atoms with Crippen LogP contribution in [0.3, 0.4) is 0 Å². The molecule has 0 saturated heterocycles. The van der Waals surface area contributed by atoms with Gasteiger partial charge in [0.25, 0.3) is 0 Å². The van der Waals surface area contributed by atoms with Gasteiger partial charge in [0, 0.05) is 10.9 Å². The number of fused-ring (bicyclic) bond motifs is 1. The topological polar surface area (TPSA) is 28.7 Å². The number of H-pyrrole nitrogens is 1. The van der Waals surface area contributed by atoms with Crippen LogP contribution in [-0.4, -0.2) is 10.2 Å². The second kappa shape index (κ2) is 4.30. The monoisotopic (exact) mass is 236 g/mol. The predicted molar refractivity (Wildman–Crippen MR) is 75.6 cm³/mol. The van der Waals surface area contributed by atoms with Gasteiger partial charge in [-0.05, 0) is 23.6 Å². The third-order valence-electron chi connectivity index (χ3n) is 3.30. The van der Waals surface area contributed by atoms with E-state index in [-0.39, 0.29) is 0 Å². The van der Waals surface area contributed by atoms with Crippen molar-refractivity contribution < 1.29 is 0 Å². The number of hydrogen-bond acceptors (Lipinski definition) is 1. The van der Waals surface area contributed by atoms with Crippen molar-refractivity contribution in [3.63, 3.8) is 0 Å². The van der Waals surface area contributed by atoms with Crippen molar-refractivity contribution in [1.82, 2.24) is 10.2 Å². The number of aromatic nitrogens is 2. The third kappa shape index (κ3) is 1.80. The average molecular weight is 236 g/mol. The van der Waals surface area contributed by atoms with Crippen LogP contribution in [0.15, 0.2) is 48.5 Å². The first kappa shape index (κ1) is 11.0. The molecule has 3 aromatic rings. The Hall–Kier alpha value is -2.09. The van der Waals surface area contributed by atoms with E-state index in [1.807, 2.05) is 12.1 Å². The number of aromatic amines is 1. The molecule has 0 bridgehead atoms. The Labute approximate surface area is 107 Å². The van der Waals surface area contributed by atoms with Gasteiger partial charge in [-0.15, -0.1) is 0 Å². The lowest BCUT2D eigenvalue weighted by Crippen LogP contribution is -1.88. The lowest BCUT2D eigenvalue weighted by Gasteiger charge is -2.06. The Kier molecular flexibility index (Phi) is 2.63. The highest BCUT2D eigenvalue weighted by molar-refractivity contribution is 5.92. The zero-order chi connectivity index (χ0) is 12.5. The van der Waals surface area contributed by atoms with Crippen molar-refractivity contribution >= 4 is 10.9 Å². The molecule has 0 spiro atoms. The standard InChI is InChI=1S/C16H16N2/c1-11(2)12-6-5-7-13(10-12)16-14-8-3-4-9-15(14)17-18-16/h3-11H,1-2H3,(H,17,18). The van der Waals surface area contributed by atoms with Crippen LogP contribution in [0.5, 0.6) is 0 Å². The molecule has 0 unspecified atom stereocenters. The van der Waals surface area contributed by atoms with E-state index in [2.05, 4.69) is 60.4 Å². The number of hydrogen-bond donors (Lipinski definition) is 1. The van der Waals surface area contributed by atoms with Crippen molar-refractivity contribution in [2.75, 3.05) is 0 Å². The summed E-state index contributed by atoms with van der Waals surface area (Å²) in [6, 6.07) is 16.9. The Bertz CT molecular complexity index is 680. The first-order valence-electron chi connectivity index (χ1n) is 6.29. The summed E-state index contributed by atoms with van der Waals surface area (Å²) < 4.78 is 0. The molecule has 2 aromatic carbocycles. The van der Waals surface area contributed by atoms with Crippen LogP contribution in [-0.2, 0) is 0 Å². The summed E-state index contributed by atoms with van der Waals surface area (Å²) in [5, 5.41) is 8.71. The van der Waals surface area contributed by atoms with Gasteiger partial charge < -0.3 is 0 Å². The highest BCUT2D eigenvalue weighted by Gasteiger charge is 2.08. The maximum atomic E-state index is 4.44. The first-order valence-corrected chi connectivity index (χ1v) is 6.29. The molecule has 1 heterocycles. The molecule has 0 radical (unpaired) electrons. The Balaban J connectivity index is 2.17. The molecule has 0 aliphatic carbocycles. The molecule has 3 rings (SSSR count). The van der Waals surface area contributed by atoms with E-state index in [0.717, 1.165) is 11.2 Å². The van der Waals surface area contributed by atoms with E-state index < -0.39 is 0 Å². The zero-order valence-electron chi connectivity index (χ0n) is 10.6. The molecule has 18 heavy (non-hydrogen) atoms. The summed E-state index contributed by atoms with van der Waals surface area (Å²) in [4.78, 5) is 0.